The Morgan fingerprint density at radius 1 is 0.833 bits per heavy atom. The molecule has 1 N–H and O–H groups in total. The predicted molar refractivity (Wildman–Crippen MR) is 119 cm³/mol. The summed E-state index contributed by atoms with van der Waals surface area (Å²) in [6.07, 6.45) is 0. The molecule has 6 heteroatoms. The van der Waals surface area contributed by atoms with Crippen LogP contribution >= 0.6 is 11.6 Å². The third-order valence-electron chi connectivity index (χ3n) is 4.25. The minimum Gasteiger partial charge on any atom is -0.494 e. The lowest BCUT2D eigenvalue weighted by atomic mass is 10.1. The highest BCUT2D eigenvalue weighted by molar-refractivity contribution is 6.30. The van der Waals surface area contributed by atoms with Gasteiger partial charge in [-0.3, -0.25) is 4.79 Å². The number of amides is 1. The van der Waals surface area contributed by atoms with Crippen molar-refractivity contribution >= 4 is 23.2 Å². The average molecular weight is 426 g/mol. The molecule has 3 rings (SSSR count). The Morgan fingerprint density at radius 3 is 2.13 bits per heavy atom. The molecule has 3 aromatic rings. The molecule has 0 aliphatic carbocycles. The summed E-state index contributed by atoms with van der Waals surface area (Å²) in [6.45, 7) is 5.22. The van der Waals surface area contributed by atoms with Crippen LogP contribution in [0.2, 0.25) is 5.02 Å². The van der Waals surface area contributed by atoms with E-state index in [2.05, 4.69) is 5.32 Å². The number of halogens is 1. The minimum absolute atomic E-state index is 0.213. The van der Waals surface area contributed by atoms with Gasteiger partial charge >= 0.3 is 0 Å². The quantitative estimate of drug-likeness (QED) is 0.459. The molecule has 156 valence electrons. The molecule has 0 bridgehead atoms. The van der Waals surface area contributed by atoms with Crippen LogP contribution in [0.3, 0.4) is 0 Å². The Hall–Kier alpha value is -3.18. The standard InChI is InChI=1S/C24H24ClNO4/c1-3-28-21-12-8-20(9-13-21)26-24(27)17-5-14-23(29-4-2)18(15-17)16-30-22-10-6-19(25)7-11-22/h5-15H,3-4,16H2,1-2H3,(H,26,27). The molecule has 0 aliphatic rings. The summed E-state index contributed by atoms with van der Waals surface area (Å²) in [5.41, 5.74) is 1.99. The van der Waals surface area contributed by atoms with Crippen LogP contribution in [-0.2, 0) is 6.61 Å². The van der Waals surface area contributed by atoms with Crippen LogP contribution in [0.4, 0.5) is 5.69 Å². The number of nitrogens with one attached hydrogen (secondary N) is 1. The van der Waals surface area contributed by atoms with Crippen molar-refractivity contribution in [2.75, 3.05) is 18.5 Å². The zero-order valence-electron chi connectivity index (χ0n) is 17.0. The van der Waals surface area contributed by atoms with E-state index in [1.165, 1.54) is 0 Å². The van der Waals surface area contributed by atoms with E-state index in [1.807, 2.05) is 38.1 Å². The van der Waals surface area contributed by atoms with Crippen LogP contribution < -0.4 is 19.5 Å². The van der Waals surface area contributed by atoms with Crippen molar-refractivity contribution in [3.05, 3.63) is 82.9 Å². The van der Waals surface area contributed by atoms with Crippen LogP contribution in [0.5, 0.6) is 17.2 Å². The molecule has 0 aliphatic heterocycles. The van der Waals surface area contributed by atoms with Gasteiger partial charge in [-0.15, -0.1) is 0 Å². The molecule has 30 heavy (non-hydrogen) atoms. The number of hydrogen-bond acceptors (Lipinski definition) is 4. The van der Waals surface area contributed by atoms with E-state index in [4.69, 9.17) is 25.8 Å². The number of hydrogen-bond donors (Lipinski definition) is 1. The average Bonchev–Trinajstić information content (AvgIpc) is 2.76. The number of anilines is 1. The smallest absolute Gasteiger partial charge is 0.255 e. The summed E-state index contributed by atoms with van der Waals surface area (Å²) < 4.78 is 17.0. The van der Waals surface area contributed by atoms with Crippen molar-refractivity contribution in [3.63, 3.8) is 0 Å². The molecule has 3 aromatic carbocycles. The Balaban J connectivity index is 1.73. The van der Waals surface area contributed by atoms with Gasteiger partial charge in [0.2, 0.25) is 0 Å². The maximum Gasteiger partial charge on any atom is 0.255 e. The zero-order valence-corrected chi connectivity index (χ0v) is 17.7. The SMILES string of the molecule is CCOc1ccc(NC(=O)c2ccc(OCC)c(COc3ccc(Cl)cc3)c2)cc1. The molecule has 0 spiro atoms. The summed E-state index contributed by atoms with van der Waals surface area (Å²) in [6, 6.07) is 19.7. The van der Waals surface area contributed by atoms with Gasteiger partial charge in [0.25, 0.3) is 5.91 Å². The lowest BCUT2D eigenvalue weighted by Gasteiger charge is -2.14. The lowest BCUT2D eigenvalue weighted by Crippen LogP contribution is -2.13. The first-order valence-electron chi connectivity index (χ1n) is 9.77. The van der Waals surface area contributed by atoms with Gasteiger partial charge in [0, 0.05) is 21.8 Å². The van der Waals surface area contributed by atoms with Crippen LogP contribution in [0.15, 0.2) is 66.7 Å². The largest absolute Gasteiger partial charge is 0.494 e. The van der Waals surface area contributed by atoms with Gasteiger partial charge in [-0.1, -0.05) is 11.6 Å². The van der Waals surface area contributed by atoms with Crippen molar-refractivity contribution in [2.45, 2.75) is 20.5 Å². The van der Waals surface area contributed by atoms with Gasteiger partial charge in [0.15, 0.2) is 0 Å². The molecule has 0 saturated carbocycles. The van der Waals surface area contributed by atoms with Gasteiger partial charge < -0.3 is 19.5 Å². The second-order valence-corrected chi connectivity index (χ2v) is 6.85. The van der Waals surface area contributed by atoms with Crippen molar-refractivity contribution in [1.29, 1.82) is 0 Å². The van der Waals surface area contributed by atoms with E-state index in [1.54, 1.807) is 42.5 Å². The van der Waals surface area contributed by atoms with Crippen molar-refractivity contribution in [2.24, 2.45) is 0 Å². The molecular formula is C24H24ClNO4. The van der Waals surface area contributed by atoms with E-state index in [-0.39, 0.29) is 12.5 Å². The number of benzene rings is 3. The highest BCUT2D eigenvalue weighted by atomic mass is 35.5. The summed E-state index contributed by atoms with van der Waals surface area (Å²) in [4.78, 5) is 12.7. The topological polar surface area (TPSA) is 56.8 Å². The summed E-state index contributed by atoms with van der Waals surface area (Å²) in [7, 11) is 0. The van der Waals surface area contributed by atoms with E-state index in [9.17, 15) is 4.79 Å². The highest BCUT2D eigenvalue weighted by Crippen LogP contribution is 2.24. The van der Waals surface area contributed by atoms with Crippen LogP contribution in [0.25, 0.3) is 0 Å². The molecule has 5 nitrogen and oxygen atoms in total. The van der Waals surface area contributed by atoms with Gasteiger partial charge in [0.05, 0.1) is 13.2 Å². The summed E-state index contributed by atoms with van der Waals surface area (Å²) in [5.74, 6) is 1.92. The monoisotopic (exact) mass is 425 g/mol. The van der Waals surface area contributed by atoms with E-state index in [0.717, 1.165) is 11.3 Å². The molecular weight excluding hydrogens is 402 g/mol. The zero-order chi connectivity index (χ0) is 21.3. The minimum atomic E-state index is -0.213. The molecule has 0 radical (unpaired) electrons. The van der Waals surface area contributed by atoms with Crippen molar-refractivity contribution < 1.29 is 19.0 Å². The fourth-order valence-corrected chi connectivity index (χ4v) is 2.95. The van der Waals surface area contributed by atoms with Gasteiger partial charge in [-0.25, -0.2) is 0 Å². The van der Waals surface area contributed by atoms with Crippen LogP contribution in [0.1, 0.15) is 29.8 Å². The number of carbonyl (C=O) groups is 1. The van der Waals surface area contributed by atoms with Crippen molar-refractivity contribution in [1.82, 2.24) is 0 Å². The number of ether oxygens (including phenoxy) is 3. The Bertz CT molecular complexity index is 972. The Labute approximate surface area is 181 Å². The van der Waals surface area contributed by atoms with E-state index < -0.39 is 0 Å². The highest BCUT2D eigenvalue weighted by Gasteiger charge is 2.12. The van der Waals surface area contributed by atoms with E-state index >= 15 is 0 Å². The summed E-state index contributed by atoms with van der Waals surface area (Å²) in [5, 5.41) is 3.54. The fourth-order valence-electron chi connectivity index (χ4n) is 2.83. The maximum atomic E-state index is 12.7. The molecule has 0 atom stereocenters. The molecule has 0 fully saturated rings. The first-order chi connectivity index (χ1) is 14.6. The number of carbonyl (C=O) groups excluding carboxylic acids is 1. The number of rotatable bonds is 9. The van der Waals surface area contributed by atoms with Gasteiger partial charge in [-0.05, 0) is 80.6 Å². The Kier molecular flexibility index (Phi) is 7.57. The van der Waals surface area contributed by atoms with Gasteiger partial charge in [-0.2, -0.15) is 0 Å². The summed E-state index contributed by atoms with van der Waals surface area (Å²) >= 11 is 5.91. The van der Waals surface area contributed by atoms with E-state index in [0.29, 0.717) is 41.0 Å². The third-order valence-corrected chi connectivity index (χ3v) is 4.51. The molecule has 1 amide bonds. The molecule has 0 heterocycles. The molecule has 0 aromatic heterocycles. The van der Waals surface area contributed by atoms with Gasteiger partial charge in [0.1, 0.15) is 23.9 Å². The van der Waals surface area contributed by atoms with Crippen LogP contribution in [-0.4, -0.2) is 19.1 Å². The Morgan fingerprint density at radius 2 is 1.47 bits per heavy atom. The predicted octanol–water partition coefficient (Wildman–Crippen LogP) is 5.97. The maximum absolute atomic E-state index is 12.7. The van der Waals surface area contributed by atoms with Crippen molar-refractivity contribution in [3.8, 4) is 17.2 Å². The lowest BCUT2D eigenvalue weighted by molar-refractivity contribution is 0.102. The fraction of sp³-hybridized carbons (Fsp3) is 0.208. The van der Waals surface area contributed by atoms with Crippen LogP contribution in [0, 0.1) is 0 Å². The molecule has 0 unspecified atom stereocenters. The first kappa shape index (κ1) is 21.5. The normalized spacial score (nSPS) is 10.4. The molecule has 0 saturated heterocycles. The second-order valence-electron chi connectivity index (χ2n) is 6.41. The second kappa shape index (κ2) is 10.6. The third kappa shape index (κ3) is 5.91. The first-order valence-corrected chi connectivity index (χ1v) is 10.1.